The van der Waals surface area contributed by atoms with E-state index in [1.807, 2.05) is 72.8 Å². The zero-order chi connectivity index (χ0) is 38.4. The lowest BCUT2D eigenvalue weighted by Gasteiger charge is -2.12. The van der Waals surface area contributed by atoms with Gasteiger partial charge in [-0.05, 0) is 70.8 Å². The molecule has 0 atom stereocenters. The van der Waals surface area contributed by atoms with Crippen molar-refractivity contribution in [1.82, 2.24) is 24.5 Å². The van der Waals surface area contributed by atoms with Crippen LogP contribution < -0.4 is 0 Å². The first-order valence-electron chi connectivity index (χ1n) is 19.3. The maximum Gasteiger partial charge on any atom is 0.164 e. The number of benzene rings is 8. The van der Waals surface area contributed by atoms with Crippen molar-refractivity contribution in [1.29, 1.82) is 0 Å². The number of hydrogen-bond acceptors (Lipinski definition) is 5. The van der Waals surface area contributed by atoms with Gasteiger partial charge in [-0.1, -0.05) is 152 Å². The van der Waals surface area contributed by atoms with Gasteiger partial charge in [0.2, 0.25) is 0 Å². The molecular formula is C52H33N5O. The largest absolute Gasteiger partial charge is 0.456 e. The molecule has 0 spiro atoms. The van der Waals surface area contributed by atoms with E-state index in [1.165, 1.54) is 0 Å². The van der Waals surface area contributed by atoms with Crippen molar-refractivity contribution in [3.05, 3.63) is 200 Å². The smallest absolute Gasteiger partial charge is 0.164 e. The highest BCUT2D eigenvalue weighted by Crippen LogP contribution is 2.40. The van der Waals surface area contributed by atoms with E-state index < -0.39 is 0 Å². The van der Waals surface area contributed by atoms with E-state index in [1.54, 1.807) is 0 Å². The molecule has 11 rings (SSSR count). The fraction of sp³-hybridized carbons (Fsp3) is 0. The molecule has 272 valence electrons. The lowest BCUT2D eigenvalue weighted by Crippen LogP contribution is -2.00. The molecule has 0 aliphatic rings. The zero-order valence-electron chi connectivity index (χ0n) is 31.2. The van der Waals surface area contributed by atoms with Gasteiger partial charge in [0.05, 0.1) is 11.0 Å². The van der Waals surface area contributed by atoms with Crippen molar-refractivity contribution >= 4 is 33.0 Å². The Hall–Kier alpha value is -7.96. The monoisotopic (exact) mass is 743 g/mol. The minimum Gasteiger partial charge on any atom is -0.456 e. The van der Waals surface area contributed by atoms with Crippen LogP contribution >= 0.6 is 0 Å². The molecule has 0 N–H and O–H groups in total. The summed E-state index contributed by atoms with van der Waals surface area (Å²) in [5.41, 5.74) is 12.9. The molecule has 3 heterocycles. The van der Waals surface area contributed by atoms with E-state index in [0.29, 0.717) is 17.5 Å². The highest BCUT2D eigenvalue weighted by Gasteiger charge is 2.18. The summed E-state index contributed by atoms with van der Waals surface area (Å²) in [6.45, 7) is 0. The molecule has 58 heavy (non-hydrogen) atoms. The molecule has 0 aliphatic heterocycles. The first-order chi connectivity index (χ1) is 28.7. The van der Waals surface area contributed by atoms with E-state index in [4.69, 9.17) is 24.4 Å². The predicted octanol–water partition coefficient (Wildman–Crippen LogP) is 13.1. The van der Waals surface area contributed by atoms with Crippen molar-refractivity contribution in [3.8, 4) is 73.5 Å². The summed E-state index contributed by atoms with van der Waals surface area (Å²) in [7, 11) is 0. The number of aromatic nitrogens is 5. The first kappa shape index (κ1) is 33.4. The number of rotatable bonds is 7. The van der Waals surface area contributed by atoms with Gasteiger partial charge in [0.25, 0.3) is 0 Å². The van der Waals surface area contributed by atoms with Gasteiger partial charge in [0.1, 0.15) is 17.0 Å². The van der Waals surface area contributed by atoms with E-state index >= 15 is 0 Å². The quantitative estimate of drug-likeness (QED) is 0.163. The summed E-state index contributed by atoms with van der Waals surface area (Å²) in [6.07, 6.45) is 0. The van der Waals surface area contributed by atoms with Crippen molar-refractivity contribution in [2.75, 3.05) is 0 Å². The molecule has 3 aromatic heterocycles. The van der Waals surface area contributed by atoms with Gasteiger partial charge in [0.15, 0.2) is 17.5 Å². The summed E-state index contributed by atoms with van der Waals surface area (Å²) in [5.74, 6) is 2.79. The fourth-order valence-electron chi connectivity index (χ4n) is 7.90. The van der Waals surface area contributed by atoms with Gasteiger partial charge < -0.3 is 4.42 Å². The molecule has 0 amide bonds. The van der Waals surface area contributed by atoms with Crippen LogP contribution in [-0.2, 0) is 0 Å². The third kappa shape index (κ3) is 5.92. The Bertz CT molecular complexity index is 3220. The van der Waals surface area contributed by atoms with E-state index in [2.05, 4.69) is 132 Å². The average Bonchev–Trinajstić information content (AvgIpc) is 3.89. The van der Waals surface area contributed by atoms with Crippen molar-refractivity contribution in [3.63, 3.8) is 0 Å². The van der Waals surface area contributed by atoms with Crippen LogP contribution in [0, 0.1) is 0 Å². The van der Waals surface area contributed by atoms with Crippen LogP contribution in [0.5, 0.6) is 0 Å². The highest BCUT2D eigenvalue weighted by molar-refractivity contribution is 6.13. The Kier molecular flexibility index (Phi) is 8.04. The van der Waals surface area contributed by atoms with Crippen molar-refractivity contribution in [2.45, 2.75) is 0 Å². The minimum atomic E-state index is 0.618. The Morgan fingerprint density at radius 1 is 0.362 bits per heavy atom. The van der Waals surface area contributed by atoms with Gasteiger partial charge in [-0.15, -0.1) is 0 Å². The molecule has 0 saturated carbocycles. The Labute approximate surface area is 334 Å². The molecule has 6 nitrogen and oxygen atoms in total. The summed E-state index contributed by atoms with van der Waals surface area (Å²) in [5, 5.41) is 2.12. The molecule has 11 aromatic rings. The number of fused-ring (bicyclic) bond motifs is 4. The van der Waals surface area contributed by atoms with E-state index in [-0.39, 0.29) is 0 Å². The third-order valence-electron chi connectivity index (χ3n) is 10.7. The van der Waals surface area contributed by atoms with Crippen LogP contribution in [0.4, 0.5) is 0 Å². The van der Waals surface area contributed by atoms with Gasteiger partial charge in [0, 0.05) is 38.7 Å². The number of furan rings is 1. The maximum absolute atomic E-state index is 6.50. The van der Waals surface area contributed by atoms with Gasteiger partial charge >= 0.3 is 0 Å². The minimum absolute atomic E-state index is 0.618. The maximum atomic E-state index is 6.50. The molecule has 0 fully saturated rings. The number of imidazole rings is 1. The molecule has 6 heteroatoms. The SMILES string of the molecule is c1ccc(-c2nc(-c3ccccc3)nc(-c3cccc(-c4ccc5oc6cccc(-c7cccc(-n8c(-c9ccccc9)nc9ccccc98)c7)c6c5c4)c3)n2)cc1. The molecule has 0 radical (unpaired) electrons. The molecular weight excluding hydrogens is 711 g/mol. The number of hydrogen-bond donors (Lipinski definition) is 0. The van der Waals surface area contributed by atoms with Crippen LogP contribution in [-0.4, -0.2) is 24.5 Å². The second-order valence-electron chi connectivity index (χ2n) is 14.3. The van der Waals surface area contributed by atoms with Crippen molar-refractivity contribution in [2.24, 2.45) is 0 Å². The lowest BCUT2D eigenvalue weighted by atomic mass is 9.96. The summed E-state index contributed by atoms with van der Waals surface area (Å²) < 4.78 is 8.76. The molecule has 0 aliphatic carbocycles. The Morgan fingerprint density at radius 2 is 0.931 bits per heavy atom. The molecule has 0 saturated heterocycles. The number of para-hydroxylation sites is 2. The van der Waals surface area contributed by atoms with Crippen LogP contribution in [0.25, 0.3) is 106 Å². The summed E-state index contributed by atoms with van der Waals surface area (Å²) in [4.78, 5) is 19.9. The van der Waals surface area contributed by atoms with Gasteiger partial charge in [-0.25, -0.2) is 19.9 Å². The normalized spacial score (nSPS) is 11.4. The van der Waals surface area contributed by atoms with Crippen LogP contribution in [0.15, 0.2) is 205 Å². The number of nitrogens with zero attached hydrogens (tertiary/aromatic N) is 5. The molecule has 8 aromatic carbocycles. The van der Waals surface area contributed by atoms with Crippen LogP contribution in [0.2, 0.25) is 0 Å². The lowest BCUT2D eigenvalue weighted by molar-refractivity contribution is 0.669. The van der Waals surface area contributed by atoms with Gasteiger partial charge in [-0.3, -0.25) is 4.57 Å². The van der Waals surface area contributed by atoms with E-state index in [0.717, 1.165) is 89.0 Å². The highest BCUT2D eigenvalue weighted by atomic mass is 16.3. The second-order valence-corrected chi connectivity index (χ2v) is 14.3. The van der Waals surface area contributed by atoms with E-state index in [9.17, 15) is 0 Å². The van der Waals surface area contributed by atoms with Crippen molar-refractivity contribution < 1.29 is 4.42 Å². The standard InChI is InChI=1S/C52H33N5O/c1-4-15-34(16-5-1)49-54-50(35-17-6-2-7-18-35)56-51(55-49)40-23-12-21-37(31-40)38-29-30-46-43(33-38)48-42(25-14-28-47(48)58-46)39-22-13-24-41(32-39)57-45-27-11-10-26-44(45)53-52(57)36-19-8-3-9-20-36/h1-33H. The first-order valence-corrected chi connectivity index (χ1v) is 19.3. The topological polar surface area (TPSA) is 69.6 Å². The fourth-order valence-corrected chi connectivity index (χ4v) is 7.90. The summed E-state index contributed by atoms with van der Waals surface area (Å²) in [6, 6.07) is 68.7. The predicted molar refractivity (Wildman–Crippen MR) is 234 cm³/mol. The Morgan fingerprint density at radius 3 is 1.67 bits per heavy atom. The second kappa shape index (κ2) is 14.0. The van der Waals surface area contributed by atoms with Gasteiger partial charge in [-0.2, -0.15) is 0 Å². The van der Waals surface area contributed by atoms with Crippen LogP contribution in [0.3, 0.4) is 0 Å². The zero-order valence-corrected chi connectivity index (χ0v) is 31.2. The average molecular weight is 744 g/mol. The molecule has 0 bridgehead atoms. The molecule has 0 unspecified atom stereocenters. The Balaban J connectivity index is 1.02. The summed E-state index contributed by atoms with van der Waals surface area (Å²) >= 11 is 0. The van der Waals surface area contributed by atoms with Crippen LogP contribution in [0.1, 0.15) is 0 Å². The third-order valence-corrected chi connectivity index (χ3v) is 10.7.